The zero-order valence-corrected chi connectivity index (χ0v) is 13.4. The minimum Gasteiger partial charge on any atom is -0.368 e. The summed E-state index contributed by atoms with van der Waals surface area (Å²) in [5, 5.41) is 6.72. The topological polar surface area (TPSA) is 66.9 Å². The molecule has 1 aromatic carbocycles. The Morgan fingerprint density at radius 2 is 2.00 bits per heavy atom. The number of aromatic nitrogens is 2. The molecule has 0 bridgehead atoms. The van der Waals surface area contributed by atoms with Gasteiger partial charge in [0.15, 0.2) is 0 Å². The zero-order chi connectivity index (χ0) is 15.9. The molecule has 1 unspecified atom stereocenters. The van der Waals surface area contributed by atoms with Crippen molar-refractivity contribution < 1.29 is 4.79 Å². The van der Waals surface area contributed by atoms with Crippen LogP contribution in [0.2, 0.25) is 5.02 Å². The van der Waals surface area contributed by atoms with Gasteiger partial charge in [-0.2, -0.15) is 0 Å². The molecular weight excluding hydrogens is 300 g/mol. The van der Waals surface area contributed by atoms with Crippen molar-refractivity contribution in [3.8, 4) is 0 Å². The maximum absolute atomic E-state index is 12.1. The molecule has 0 radical (unpaired) electrons. The van der Waals surface area contributed by atoms with Crippen molar-refractivity contribution in [2.24, 2.45) is 0 Å². The molecule has 0 spiro atoms. The van der Waals surface area contributed by atoms with E-state index in [9.17, 15) is 4.79 Å². The number of anilines is 1. The van der Waals surface area contributed by atoms with Crippen LogP contribution in [-0.4, -0.2) is 21.9 Å². The van der Waals surface area contributed by atoms with Gasteiger partial charge in [-0.3, -0.25) is 4.79 Å². The van der Waals surface area contributed by atoms with Crippen molar-refractivity contribution in [3.05, 3.63) is 52.9 Å². The number of amides is 1. The molecule has 1 heterocycles. The number of hydrogen-bond donors (Lipinski definition) is 2. The lowest BCUT2D eigenvalue weighted by molar-refractivity contribution is 0.0946. The second-order valence-electron chi connectivity index (χ2n) is 5.05. The largest absolute Gasteiger partial charge is 0.368 e. The standard InChI is InChI=1S/C16H19ClN4O/c1-3-11(2)21-15-8-14(19-10-20-15)16(22)18-9-12-4-6-13(17)7-5-12/h4-8,10-11H,3,9H2,1-2H3,(H,18,22)(H,19,20,21). The normalized spacial score (nSPS) is 11.8. The van der Waals surface area contributed by atoms with Gasteiger partial charge in [0, 0.05) is 23.7 Å². The molecular formula is C16H19ClN4O. The van der Waals surface area contributed by atoms with Crippen molar-refractivity contribution >= 4 is 23.3 Å². The predicted molar refractivity (Wildman–Crippen MR) is 88.0 cm³/mol. The van der Waals surface area contributed by atoms with Crippen molar-refractivity contribution in [1.29, 1.82) is 0 Å². The molecule has 0 saturated heterocycles. The second kappa shape index (κ2) is 7.75. The predicted octanol–water partition coefficient (Wildman–Crippen LogP) is 3.27. The van der Waals surface area contributed by atoms with Crippen LogP contribution in [0.25, 0.3) is 0 Å². The van der Waals surface area contributed by atoms with E-state index in [2.05, 4.69) is 34.4 Å². The molecule has 2 rings (SSSR count). The van der Waals surface area contributed by atoms with Gasteiger partial charge in [-0.25, -0.2) is 9.97 Å². The summed E-state index contributed by atoms with van der Waals surface area (Å²) in [4.78, 5) is 20.3. The number of nitrogens with zero attached hydrogens (tertiary/aromatic N) is 2. The molecule has 1 aromatic heterocycles. The number of benzene rings is 1. The Morgan fingerprint density at radius 3 is 2.68 bits per heavy atom. The van der Waals surface area contributed by atoms with Crippen molar-refractivity contribution in [3.63, 3.8) is 0 Å². The van der Waals surface area contributed by atoms with Crippen LogP contribution in [-0.2, 0) is 6.54 Å². The van der Waals surface area contributed by atoms with Crippen LogP contribution in [0.5, 0.6) is 0 Å². The first-order valence-electron chi connectivity index (χ1n) is 7.19. The van der Waals surface area contributed by atoms with E-state index in [4.69, 9.17) is 11.6 Å². The summed E-state index contributed by atoms with van der Waals surface area (Å²) in [5.74, 6) is 0.422. The molecule has 6 heteroatoms. The summed E-state index contributed by atoms with van der Waals surface area (Å²) >= 11 is 5.83. The van der Waals surface area contributed by atoms with Gasteiger partial charge in [0.05, 0.1) is 0 Å². The minimum absolute atomic E-state index is 0.232. The van der Waals surface area contributed by atoms with Crippen molar-refractivity contribution in [2.45, 2.75) is 32.9 Å². The van der Waals surface area contributed by atoms with E-state index in [1.54, 1.807) is 18.2 Å². The van der Waals surface area contributed by atoms with E-state index in [1.165, 1.54) is 6.33 Å². The Labute approximate surface area is 135 Å². The molecule has 0 aliphatic rings. The summed E-state index contributed by atoms with van der Waals surface area (Å²) in [7, 11) is 0. The van der Waals surface area contributed by atoms with Gasteiger partial charge in [-0.05, 0) is 31.0 Å². The third-order valence-corrected chi connectivity index (χ3v) is 3.52. The van der Waals surface area contributed by atoms with Crippen LogP contribution < -0.4 is 10.6 Å². The molecule has 0 saturated carbocycles. The van der Waals surface area contributed by atoms with E-state index in [0.29, 0.717) is 29.1 Å². The Hall–Kier alpha value is -2.14. The molecule has 0 aliphatic carbocycles. The molecule has 116 valence electrons. The Kier molecular flexibility index (Phi) is 5.72. The number of rotatable bonds is 6. The number of carbonyl (C=O) groups excluding carboxylic acids is 1. The first kappa shape index (κ1) is 16.2. The average molecular weight is 319 g/mol. The summed E-state index contributed by atoms with van der Waals surface area (Å²) in [5.41, 5.74) is 1.32. The van der Waals surface area contributed by atoms with Crippen LogP contribution >= 0.6 is 11.6 Å². The maximum Gasteiger partial charge on any atom is 0.270 e. The van der Waals surface area contributed by atoms with E-state index in [0.717, 1.165) is 12.0 Å². The van der Waals surface area contributed by atoms with Crippen LogP contribution in [0.3, 0.4) is 0 Å². The monoisotopic (exact) mass is 318 g/mol. The molecule has 2 aromatic rings. The van der Waals surface area contributed by atoms with Gasteiger partial charge in [0.2, 0.25) is 0 Å². The van der Waals surface area contributed by atoms with Crippen molar-refractivity contribution in [2.75, 3.05) is 5.32 Å². The van der Waals surface area contributed by atoms with Gasteiger partial charge >= 0.3 is 0 Å². The van der Waals surface area contributed by atoms with Crippen LogP contribution in [0.1, 0.15) is 36.3 Å². The Balaban J connectivity index is 1.97. The number of carbonyl (C=O) groups is 1. The highest BCUT2D eigenvalue weighted by Gasteiger charge is 2.09. The fraction of sp³-hybridized carbons (Fsp3) is 0.312. The van der Waals surface area contributed by atoms with E-state index >= 15 is 0 Å². The molecule has 0 fully saturated rings. The summed E-state index contributed by atoms with van der Waals surface area (Å²) in [6, 6.07) is 9.28. The Morgan fingerprint density at radius 1 is 1.27 bits per heavy atom. The highest BCUT2D eigenvalue weighted by Crippen LogP contribution is 2.10. The third kappa shape index (κ3) is 4.70. The summed E-state index contributed by atoms with van der Waals surface area (Å²) in [6.45, 7) is 4.56. The maximum atomic E-state index is 12.1. The van der Waals surface area contributed by atoms with Gasteiger partial charge in [-0.1, -0.05) is 30.7 Å². The van der Waals surface area contributed by atoms with E-state index in [1.807, 2.05) is 12.1 Å². The fourth-order valence-corrected chi connectivity index (χ4v) is 1.92. The van der Waals surface area contributed by atoms with E-state index in [-0.39, 0.29) is 5.91 Å². The van der Waals surface area contributed by atoms with Gasteiger partial charge in [0.25, 0.3) is 5.91 Å². The summed E-state index contributed by atoms with van der Waals surface area (Å²) in [6.07, 6.45) is 2.37. The lowest BCUT2D eigenvalue weighted by atomic mass is 10.2. The average Bonchev–Trinajstić information content (AvgIpc) is 2.54. The van der Waals surface area contributed by atoms with Crippen LogP contribution in [0, 0.1) is 0 Å². The minimum atomic E-state index is -0.232. The fourth-order valence-electron chi connectivity index (χ4n) is 1.79. The first-order valence-corrected chi connectivity index (χ1v) is 7.57. The second-order valence-corrected chi connectivity index (χ2v) is 5.49. The van der Waals surface area contributed by atoms with Crippen LogP contribution in [0.4, 0.5) is 5.82 Å². The molecule has 0 aliphatic heterocycles. The zero-order valence-electron chi connectivity index (χ0n) is 12.6. The molecule has 2 N–H and O–H groups in total. The van der Waals surface area contributed by atoms with Crippen molar-refractivity contribution in [1.82, 2.24) is 15.3 Å². The van der Waals surface area contributed by atoms with E-state index < -0.39 is 0 Å². The lowest BCUT2D eigenvalue weighted by Crippen LogP contribution is -2.24. The van der Waals surface area contributed by atoms with Gasteiger partial charge in [0.1, 0.15) is 17.8 Å². The highest BCUT2D eigenvalue weighted by molar-refractivity contribution is 6.30. The molecule has 1 amide bonds. The molecule has 5 nitrogen and oxygen atoms in total. The SMILES string of the molecule is CCC(C)Nc1cc(C(=O)NCc2ccc(Cl)cc2)ncn1. The van der Waals surface area contributed by atoms with Crippen LogP contribution in [0.15, 0.2) is 36.7 Å². The first-order chi connectivity index (χ1) is 10.6. The smallest absolute Gasteiger partial charge is 0.270 e. The number of halogens is 1. The molecule has 1 atom stereocenters. The van der Waals surface area contributed by atoms with Gasteiger partial charge < -0.3 is 10.6 Å². The lowest BCUT2D eigenvalue weighted by Gasteiger charge is -2.12. The van der Waals surface area contributed by atoms with Gasteiger partial charge in [-0.15, -0.1) is 0 Å². The number of nitrogens with one attached hydrogen (secondary N) is 2. The quantitative estimate of drug-likeness (QED) is 0.858. The summed E-state index contributed by atoms with van der Waals surface area (Å²) < 4.78 is 0. The Bertz CT molecular complexity index is 630. The third-order valence-electron chi connectivity index (χ3n) is 3.27. The number of hydrogen-bond acceptors (Lipinski definition) is 4. The molecule has 22 heavy (non-hydrogen) atoms. The highest BCUT2D eigenvalue weighted by atomic mass is 35.5.